The van der Waals surface area contributed by atoms with Crippen LogP contribution in [0.15, 0.2) is 53.4 Å². The summed E-state index contributed by atoms with van der Waals surface area (Å²) in [7, 11) is 0. The minimum atomic E-state index is -0.250. The number of halogens is 1. The second-order valence-corrected chi connectivity index (χ2v) is 6.28. The van der Waals surface area contributed by atoms with Crippen molar-refractivity contribution in [1.29, 1.82) is 0 Å². The zero-order valence-electron chi connectivity index (χ0n) is 13.7. The van der Waals surface area contributed by atoms with E-state index in [9.17, 15) is 9.18 Å². The van der Waals surface area contributed by atoms with E-state index in [0.717, 1.165) is 11.3 Å². The SMILES string of the molecule is Cc1cc(CNC(=O)c2cccc(OCc3cscn3)c2)ccc1F. The monoisotopic (exact) mass is 356 g/mol. The van der Waals surface area contributed by atoms with Gasteiger partial charge in [0.1, 0.15) is 18.2 Å². The van der Waals surface area contributed by atoms with E-state index in [1.54, 1.807) is 48.8 Å². The van der Waals surface area contributed by atoms with E-state index in [-0.39, 0.29) is 11.7 Å². The third-order valence-electron chi connectivity index (χ3n) is 3.64. The molecule has 6 heteroatoms. The lowest BCUT2D eigenvalue weighted by molar-refractivity contribution is 0.0950. The van der Waals surface area contributed by atoms with Crippen molar-refractivity contribution in [1.82, 2.24) is 10.3 Å². The predicted octanol–water partition coefficient (Wildman–Crippen LogP) is 4.10. The number of hydrogen-bond donors (Lipinski definition) is 1. The second kappa shape index (κ2) is 7.90. The van der Waals surface area contributed by atoms with Gasteiger partial charge >= 0.3 is 0 Å². The molecule has 1 heterocycles. The molecule has 0 aliphatic carbocycles. The molecule has 1 aromatic heterocycles. The normalized spacial score (nSPS) is 10.5. The van der Waals surface area contributed by atoms with E-state index in [4.69, 9.17) is 4.74 Å². The molecule has 0 radical (unpaired) electrons. The molecule has 0 atom stereocenters. The topological polar surface area (TPSA) is 51.2 Å². The van der Waals surface area contributed by atoms with Gasteiger partial charge in [-0.3, -0.25) is 4.79 Å². The number of benzene rings is 2. The summed E-state index contributed by atoms with van der Waals surface area (Å²) in [6, 6.07) is 11.8. The minimum absolute atomic E-state index is 0.207. The van der Waals surface area contributed by atoms with E-state index < -0.39 is 0 Å². The van der Waals surface area contributed by atoms with E-state index >= 15 is 0 Å². The smallest absolute Gasteiger partial charge is 0.251 e. The zero-order valence-corrected chi connectivity index (χ0v) is 14.5. The van der Waals surface area contributed by atoms with Gasteiger partial charge in [0.05, 0.1) is 11.2 Å². The van der Waals surface area contributed by atoms with E-state index in [1.807, 2.05) is 5.38 Å². The van der Waals surface area contributed by atoms with Crippen LogP contribution in [-0.2, 0) is 13.2 Å². The standard InChI is InChI=1S/C19H17FN2O2S/c1-13-7-14(5-6-18(13)20)9-21-19(23)15-3-2-4-17(8-15)24-10-16-11-25-12-22-16/h2-8,11-12H,9-10H2,1H3,(H,21,23). The molecule has 128 valence electrons. The molecule has 0 bridgehead atoms. The van der Waals surface area contributed by atoms with Crippen LogP contribution in [0.25, 0.3) is 0 Å². The molecule has 2 aromatic carbocycles. The Balaban J connectivity index is 1.59. The fraction of sp³-hybridized carbons (Fsp3) is 0.158. The second-order valence-electron chi connectivity index (χ2n) is 5.56. The fourth-order valence-corrected chi connectivity index (χ4v) is 2.84. The first kappa shape index (κ1) is 17.1. The van der Waals surface area contributed by atoms with Crippen LogP contribution >= 0.6 is 11.3 Å². The summed E-state index contributed by atoms with van der Waals surface area (Å²) in [5.41, 5.74) is 4.52. The van der Waals surface area contributed by atoms with Crippen LogP contribution < -0.4 is 10.1 Å². The van der Waals surface area contributed by atoms with Crippen molar-refractivity contribution in [3.63, 3.8) is 0 Å². The Morgan fingerprint density at radius 3 is 2.92 bits per heavy atom. The van der Waals surface area contributed by atoms with Gasteiger partial charge in [0.2, 0.25) is 0 Å². The molecule has 25 heavy (non-hydrogen) atoms. The molecule has 4 nitrogen and oxygen atoms in total. The summed E-state index contributed by atoms with van der Waals surface area (Å²) in [6.07, 6.45) is 0. The summed E-state index contributed by atoms with van der Waals surface area (Å²) < 4.78 is 18.9. The molecule has 0 fully saturated rings. The third-order valence-corrected chi connectivity index (χ3v) is 4.28. The summed E-state index contributed by atoms with van der Waals surface area (Å²) in [4.78, 5) is 16.5. The highest BCUT2D eigenvalue weighted by Gasteiger charge is 2.08. The number of aromatic nitrogens is 1. The van der Waals surface area contributed by atoms with E-state index in [2.05, 4.69) is 10.3 Å². The Morgan fingerprint density at radius 1 is 1.28 bits per heavy atom. The van der Waals surface area contributed by atoms with Gasteiger partial charge in [0, 0.05) is 17.5 Å². The lowest BCUT2D eigenvalue weighted by Crippen LogP contribution is -2.22. The molecule has 0 spiro atoms. The van der Waals surface area contributed by atoms with Crippen molar-refractivity contribution < 1.29 is 13.9 Å². The quantitative estimate of drug-likeness (QED) is 0.723. The lowest BCUT2D eigenvalue weighted by atomic mass is 10.1. The number of amides is 1. The van der Waals surface area contributed by atoms with Gasteiger partial charge < -0.3 is 10.1 Å². The van der Waals surface area contributed by atoms with Gasteiger partial charge in [-0.1, -0.05) is 18.2 Å². The third kappa shape index (κ3) is 4.64. The first-order valence-corrected chi connectivity index (χ1v) is 8.69. The molecule has 0 saturated heterocycles. The van der Waals surface area contributed by atoms with Gasteiger partial charge in [-0.2, -0.15) is 0 Å². The first-order chi connectivity index (χ1) is 12.1. The largest absolute Gasteiger partial charge is 0.487 e. The number of nitrogens with zero attached hydrogens (tertiary/aromatic N) is 1. The van der Waals surface area contributed by atoms with Crippen LogP contribution in [0.2, 0.25) is 0 Å². The van der Waals surface area contributed by atoms with Crippen molar-refractivity contribution in [3.8, 4) is 5.75 Å². The minimum Gasteiger partial charge on any atom is -0.487 e. The summed E-state index contributed by atoms with van der Waals surface area (Å²) in [5, 5.41) is 4.75. The highest BCUT2D eigenvalue weighted by atomic mass is 32.1. The highest BCUT2D eigenvalue weighted by molar-refractivity contribution is 7.07. The molecule has 0 saturated carbocycles. The lowest BCUT2D eigenvalue weighted by Gasteiger charge is -2.09. The average Bonchev–Trinajstić information content (AvgIpc) is 3.14. The maximum Gasteiger partial charge on any atom is 0.251 e. The highest BCUT2D eigenvalue weighted by Crippen LogP contribution is 2.16. The Morgan fingerprint density at radius 2 is 2.16 bits per heavy atom. The van der Waals surface area contributed by atoms with Crippen molar-refractivity contribution >= 4 is 17.2 Å². The van der Waals surface area contributed by atoms with Gasteiger partial charge in [0.25, 0.3) is 5.91 Å². The Hall–Kier alpha value is -2.73. The zero-order chi connectivity index (χ0) is 17.6. The first-order valence-electron chi connectivity index (χ1n) is 7.75. The number of ether oxygens (including phenoxy) is 1. The maximum absolute atomic E-state index is 13.3. The van der Waals surface area contributed by atoms with Crippen LogP contribution in [-0.4, -0.2) is 10.9 Å². The number of aryl methyl sites for hydroxylation is 1. The number of nitrogens with one attached hydrogen (secondary N) is 1. The Bertz CT molecular complexity index is 866. The maximum atomic E-state index is 13.3. The fourth-order valence-electron chi connectivity index (χ4n) is 2.29. The van der Waals surface area contributed by atoms with Gasteiger partial charge in [-0.25, -0.2) is 9.37 Å². The molecular weight excluding hydrogens is 339 g/mol. The van der Waals surface area contributed by atoms with Gasteiger partial charge in [0.15, 0.2) is 0 Å². The summed E-state index contributed by atoms with van der Waals surface area (Å²) in [6.45, 7) is 2.40. The Labute approximate surface area is 149 Å². The predicted molar refractivity (Wildman–Crippen MR) is 95.2 cm³/mol. The van der Waals surface area contributed by atoms with Crippen LogP contribution in [0.5, 0.6) is 5.75 Å². The number of carbonyl (C=O) groups excluding carboxylic acids is 1. The van der Waals surface area contributed by atoms with Gasteiger partial charge in [-0.15, -0.1) is 11.3 Å². The van der Waals surface area contributed by atoms with E-state index in [0.29, 0.717) is 30.0 Å². The van der Waals surface area contributed by atoms with Crippen molar-refractivity contribution in [2.75, 3.05) is 0 Å². The molecule has 3 aromatic rings. The van der Waals surface area contributed by atoms with E-state index in [1.165, 1.54) is 17.4 Å². The van der Waals surface area contributed by atoms with Crippen LogP contribution in [0, 0.1) is 12.7 Å². The molecule has 0 unspecified atom stereocenters. The van der Waals surface area contributed by atoms with Crippen LogP contribution in [0.3, 0.4) is 0 Å². The Kier molecular flexibility index (Phi) is 5.40. The van der Waals surface area contributed by atoms with Crippen molar-refractivity contribution in [2.24, 2.45) is 0 Å². The number of hydrogen-bond acceptors (Lipinski definition) is 4. The molecule has 0 aliphatic rings. The number of thiazole rings is 1. The van der Waals surface area contributed by atoms with Crippen LogP contribution in [0.1, 0.15) is 27.2 Å². The summed E-state index contributed by atoms with van der Waals surface area (Å²) >= 11 is 1.51. The number of carbonyl (C=O) groups is 1. The molecule has 3 rings (SSSR count). The molecule has 1 N–H and O–H groups in total. The average molecular weight is 356 g/mol. The van der Waals surface area contributed by atoms with Crippen molar-refractivity contribution in [2.45, 2.75) is 20.1 Å². The molecular formula is C19H17FN2O2S. The van der Waals surface area contributed by atoms with Gasteiger partial charge in [-0.05, 0) is 42.3 Å². The molecule has 0 aliphatic heterocycles. The van der Waals surface area contributed by atoms with Crippen LogP contribution in [0.4, 0.5) is 4.39 Å². The number of rotatable bonds is 6. The summed E-state index contributed by atoms with van der Waals surface area (Å²) in [5.74, 6) is 0.152. The molecule has 1 amide bonds. The van der Waals surface area contributed by atoms with Crippen molar-refractivity contribution in [3.05, 3.63) is 81.6 Å².